The van der Waals surface area contributed by atoms with Gasteiger partial charge >= 0.3 is 5.97 Å². The summed E-state index contributed by atoms with van der Waals surface area (Å²) in [5, 5.41) is 12.6. The van der Waals surface area contributed by atoms with Gasteiger partial charge in [0.1, 0.15) is 0 Å². The van der Waals surface area contributed by atoms with Crippen LogP contribution in [0.1, 0.15) is 43.7 Å². The molecule has 1 aromatic carbocycles. The minimum atomic E-state index is -1.03. The molecule has 2 rings (SSSR count). The van der Waals surface area contributed by atoms with Crippen molar-refractivity contribution < 1.29 is 14.7 Å². The molecule has 2 atom stereocenters. The third-order valence-electron chi connectivity index (χ3n) is 3.59. The molecule has 1 aromatic rings. The lowest BCUT2D eigenvalue weighted by atomic mass is 10.1. The van der Waals surface area contributed by atoms with E-state index < -0.39 is 12.0 Å². The molecule has 0 spiro atoms. The Labute approximate surface area is 138 Å². The van der Waals surface area contributed by atoms with Crippen LogP contribution in [0.15, 0.2) is 30.3 Å². The summed E-state index contributed by atoms with van der Waals surface area (Å²) in [4.78, 5) is 23.3. The molecule has 0 aromatic heterocycles. The van der Waals surface area contributed by atoms with E-state index in [0.717, 1.165) is 24.5 Å². The van der Waals surface area contributed by atoms with Crippen molar-refractivity contribution in [2.75, 3.05) is 5.75 Å². The number of carbonyl (C=O) groups is 2. The van der Waals surface area contributed by atoms with Gasteiger partial charge in [-0.25, -0.2) is 4.79 Å². The minimum Gasteiger partial charge on any atom is -0.479 e. The van der Waals surface area contributed by atoms with Gasteiger partial charge in [0, 0.05) is 17.4 Å². The number of hydrogen-bond acceptors (Lipinski definition) is 4. The van der Waals surface area contributed by atoms with Gasteiger partial charge < -0.3 is 10.4 Å². The van der Waals surface area contributed by atoms with Crippen LogP contribution in [-0.4, -0.2) is 28.0 Å². The highest BCUT2D eigenvalue weighted by atomic mass is 33.1. The van der Waals surface area contributed by atoms with Crippen LogP contribution in [0.4, 0.5) is 0 Å². The number of rotatable bonds is 8. The molecule has 6 heteroatoms. The molecule has 1 heterocycles. The minimum absolute atomic E-state index is 0.190. The molecule has 0 radical (unpaired) electrons. The van der Waals surface area contributed by atoms with E-state index in [1.807, 2.05) is 27.7 Å². The highest BCUT2D eigenvalue weighted by Crippen LogP contribution is 2.39. The van der Waals surface area contributed by atoms with Gasteiger partial charge in [0.05, 0.1) is 0 Å². The van der Waals surface area contributed by atoms with E-state index in [9.17, 15) is 14.7 Å². The summed E-state index contributed by atoms with van der Waals surface area (Å²) in [6, 6.07) is 7.84. The molecular formula is C16H21NO3S2. The molecule has 4 nitrogen and oxygen atoms in total. The van der Waals surface area contributed by atoms with E-state index in [1.165, 1.54) is 12.2 Å². The van der Waals surface area contributed by atoms with Gasteiger partial charge in [0.15, 0.2) is 6.04 Å². The molecule has 1 aliphatic heterocycles. The maximum Gasteiger partial charge on any atom is 0.330 e. The fourth-order valence-corrected chi connectivity index (χ4v) is 5.42. The Bertz CT molecular complexity index is 489. The van der Waals surface area contributed by atoms with Crippen molar-refractivity contribution in [3.8, 4) is 0 Å². The number of aliphatic carboxylic acids is 1. The third kappa shape index (κ3) is 5.57. The normalized spacial score (nSPS) is 18.8. The number of unbranched alkanes of at least 4 members (excludes halogenated alkanes) is 1. The molecule has 0 bridgehead atoms. The Balaban J connectivity index is 1.73. The number of carboxylic acids is 1. The van der Waals surface area contributed by atoms with E-state index in [4.69, 9.17) is 0 Å². The van der Waals surface area contributed by atoms with Crippen molar-refractivity contribution in [3.05, 3.63) is 35.9 Å². The number of carboxylic acid groups (broad SMARTS) is 1. The van der Waals surface area contributed by atoms with Crippen molar-refractivity contribution in [1.82, 2.24) is 5.32 Å². The molecule has 1 aliphatic rings. The molecule has 120 valence electrons. The zero-order chi connectivity index (χ0) is 15.8. The predicted octanol–water partition coefficient (Wildman–Crippen LogP) is 3.64. The highest BCUT2D eigenvalue weighted by molar-refractivity contribution is 8.77. The van der Waals surface area contributed by atoms with E-state index >= 15 is 0 Å². The second-order valence-electron chi connectivity index (χ2n) is 5.32. The second kappa shape index (κ2) is 9.10. The number of nitrogens with one attached hydrogen (secondary N) is 1. The summed E-state index contributed by atoms with van der Waals surface area (Å²) in [5.74, 6) is 0.0105. The van der Waals surface area contributed by atoms with Gasteiger partial charge in [-0.3, -0.25) is 4.79 Å². The second-order valence-corrected chi connectivity index (χ2v) is 8.11. The lowest BCUT2D eigenvalue weighted by molar-refractivity contribution is -0.142. The van der Waals surface area contributed by atoms with Crippen LogP contribution in [0.2, 0.25) is 0 Å². The van der Waals surface area contributed by atoms with Crippen LogP contribution < -0.4 is 5.32 Å². The molecule has 0 aliphatic carbocycles. The first-order valence-electron chi connectivity index (χ1n) is 7.52. The summed E-state index contributed by atoms with van der Waals surface area (Å²) < 4.78 is 0. The van der Waals surface area contributed by atoms with E-state index in [-0.39, 0.29) is 5.91 Å². The Hall–Kier alpha value is -1.14. The van der Waals surface area contributed by atoms with Gasteiger partial charge in [-0.15, -0.1) is 0 Å². The Kier molecular flexibility index (Phi) is 7.12. The molecule has 0 unspecified atom stereocenters. The van der Waals surface area contributed by atoms with Crippen LogP contribution in [0.3, 0.4) is 0 Å². The Morgan fingerprint density at radius 1 is 1.27 bits per heavy atom. The highest BCUT2D eigenvalue weighted by Gasteiger charge is 2.21. The molecule has 0 saturated carbocycles. The van der Waals surface area contributed by atoms with E-state index in [1.54, 1.807) is 24.3 Å². The van der Waals surface area contributed by atoms with Crippen molar-refractivity contribution in [2.45, 2.75) is 43.4 Å². The molecule has 1 fully saturated rings. The van der Waals surface area contributed by atoms with Crippen LogP contribution >= 0.6 is 21.6 Å². The summed E-state index contributed by atoms with van der Waals surface area (Å²) >= 11 is 0. The first-order valence-corrected chi connectivity index (χ1v) is 9.90. The van der Waals surface area contributed by atoms with Crippen LogP contribution in [0.25, 0.3) is 0 Å². The largest absolute Gasteiger partial charge is 0.479 e. The van der Waals surface area contributed by atoms with Crippen molar-refractivity contribution in [3.63, 3.8) is 0 Å². The van der Waals surface area contributed by atoms with E-state index in [2.05, 4.69) is 5.32 Å². The van der Waals surface area contributed by atoms with Gasteiger partial charge in [-0.05, 0) is 24.8 Å². The first kappa shape index (κ1) is 17.2. The average molecular weight is 339 g/mol. The van der Waals surface area contributed by atoms with Crippen molar-refractivity contribution in [2.24, 2.45) is 0 Å². The zero-order valence-corrected chi connectivity index (χ0v) is 14.0. The zero-order valence-electron chi connectivity index (χ0n) is 12.4. The quantitative estimate of drug-likeness (QED) is 0.559. The molecule has 1 amide bonds. The maximum absolute atomic E-state index is 11.9. The van der Waals surface area contributed by atoms with Crippen LogP contribution in [0, 0.1) is 0 Å². The molecule has 1 saturated heterocycles. The lowest BCUT2D eigenvalue weighted by Gasteiger charge is -2.15. The van der Waals surface area contributed by atoms with Gasteiger partial charge in [-0.2, -0.15) is 0 Å². The smallest absolute Gasteiger partial charge is 0.330 e. The third-order valence-corrected chi connectivity index (χ3v) is 6.60. The first-order chi connectivity index (χ1) is 10.7. The van der Waals surface area contributed by atoms with Gasteiger partial charge in [0.2, 0.25) is 5.91 Å². The number of amides is 1. The standard InChI is InChI=1S/C16H21NO3S2/c18-14(9-5-4-8-13-10-11-21-22-13)17-15(16(19)20)12-6-2-1-3-7-12/h1-3,6-7,13,15H,4-5,8-11H2,(H,17,18)(H,19,20)/t13-,15-/m0/s1. The predicted molar refractivity (Wildman–Crippen MR) is 91.9 cm³/mol. The fourth-order valence-electron chi connectivity index (χ4n) is 2.39. The van der Waals surface area contributed by atoms with Crippen molar-refractivity contribution >= 4 is 33.5 Å². The summed E-state index contributed by atoms with van der Waals surface area (Å²) in [6.45, 7) is 0. The van der Waals surface area contributed by atoms with Gasteiger partial charge in [-0.1, -0.05) is 58.3 Å². The monoisotopic (exact) mass is 339 g/mol. The molecule has 2 N–H and O–H groups in total. The topological polar surface area (TPSA) is 66.4 Å². The number of hydrogen-bond donors (Lipinski definition) is 2. The Morgan fingerprint density at radius 2 is 2.05 bits per heavy atom. The van der Waals surface area contributed by atoms with Crippen LogP contribution in [-0.2, 0) is 9.59 Å². The fraction of sp³-hybridized carbons (Fsp3) is 0.500. The summed E-state index contributed by atoms with van der Waals surface area (Å²) in [6.07, 6.45) is 4.63. The summed E-state index contributed by atoms with van der Waals surface area (Å²) in [5.41, 5.74) is 0.600. The molecular weight excluding hydrogens is 318 g/mol. The molecule has 22 heavy (non-hydrogen) atoms. The SMILES string of the molecule is O=C(CCCC[C@H]1CCSS1)N[C@H](C(=O)O)c1ccccc1. The lowest BCUT2D eigenvalue weighted by Crippen LogP contribution is -2.33. The Morgan fingerprint density at radius 3 is 2.68 bits per heavy atom. The van der Waals surface area contributed by atoms with E-state index in [0.29, 0.717) is 12.0 Å². The average Bonchev–Trinajstić information content (AvgIpc) is 3.03. The van der Waals surface area contributed by atoms with Gasteiger partial charge in [0.25, 0.3) is 0 Å². The number of carbonyl (C=O) groups excluding carboxylic acids is 1. The maximum atomic E-state index is 11.9. The number of benzene rings is 1. The van der Waals surface area contributed by atoms with Crippen molar-refractivity contribution in [1.29, 1.82) is 0 Å². The van der Waals surface area contributed by atoms with Crippen LogP contribution in [0.5, 0.6) is 0 Å². The summed E-state index contributed by atoms with van der Waals surface area (Å²) in [7, 11) is 3.88.